The predicted molar refractivity (Wildman–Crippen MR) is 67.4 cm³/mol. The molecule has 0 aliphatic carbocycles. The molecule has 94 valence electrons. The van der Waals surface area contributed by atoms with Crippen molar-refractivity contribution in [2.24, 2.45) is 0 Å². The molecule has 1 aromatic heterocycles. The fourth-order valence-electron chi connectivity index (χ4n) is 1.72. The molecular weight excluding hydrogens is 230 g/mol. The lowest BCUT2D eigenvalue weighted by atomic mass is 10.1. The van der Waals surface area contributed by atoms with Crippen LogP contribution in [0.4, 0.5) is 0 Å². The average molecular weight is 245 g/mol. The van der Waals surface area contributed by atoms with Crippen LogP contribution in [0.25, 0.3) is 0 Å². The minimum Gasteiger partial charge on any atom is -0.478 e. The Balaban J connectivity index is 1.98. The highest BCUT2D eigenvalue weighted by molar-refractivity contribution is 5.87. The van der Waals surface area contributed by atoms with E-state index in [-0.39, 0.29) is 6.04 Å². The number of hydrogen-bond acceptors (Lipinski definition) is 3. The van der Waals surface area contributed by atoms with E-state index in [2.05, 4.69) is 5.32 Å². The van der Waals surface area contributed by atoms with Crippen LogP contribution in [0, 0.1) is 0 Å². The summed E-state index contributed by atoms with van der Waals surface area (Å²) in [7, 11) is 0. The summed E-state index contributed by atoms with van der Waals surface area (Å²) in [4.78, 5) is 10.8. The van der Waals surface area contributed by atoms with Crippen LogP contribution in [-0.2, 0) is 6.54 Å². The van der Waals surface area contributed by atoms with Gasteiger partial charge in [-0.15, -0.1) is 0 Å². The molecule has 2 aromatic rings. The number of nitrogens with one attached hydrogen (secondary N) is 1. The topological polar surface area (TPSA) is 62.5 Å². The fraction of sp³-hybridized carbons (Fsp3) is 0.214. The van der Waals surface area contributed by atoms with E-state index >= 15 is 0 Å². The van der Waals surface area contributed by atoms with E-state index in [0.29, 0.717) is 12.1 Å². The third-order valence-corrected chi connectivity index (χ3v) is 2.76. The maximum absolute atomic E-state index is 10.8. The molecule has 0 spiro atoms. The van der Waals surface area contributed by atoms with Crippen molar-refractivity contribution in [1.82, 2.24) is 5.32 Å². The minimum atomic E-state index is -0.907. The van der Waals surface area contributed by atoms with Crippen LogP contribution in [0.2, 0.25) is 0 Å². The van der Waals surface area contributed by atoms with Crippen LogP contribution in [-0.4, -0.2) is 11.1 Å². The molecule has 1 aromatic carbocycles. The van der Waals surface area contributed by atoms with Crippen molar-refractivity contribution in [3.8, 4) is 0 Å². The average Bonchev–Trinajstić information content (AvgIpc) is 2.90. The van der Waals surface area contributed by atoms with Crippen molar-refractivity contribution in [1.29, 1.82) is 0 Å². The quantitative estimate of drug-likeness (QED) is 0.850. The van der Waals surface area contributed by atoms with Gasteiger partial charge in [0.15, 0.2) is 0 Å². The summed E-state index contributed by atoms with van der Waals surface area (Å²) in [5.41, 5.74) is 1.24. The van der Waals surface area contributed by atoms with Crippen molar-refractivity contribution < 1.29 is 14.3 Å². The second-order valence-electron chi connectivity index (χ2n) is 4.12. The Hall–Kier alpha value is -2.07. The first-order chi connectivity index (χ1) is 8.66. The Labute approximate surface area is 105 Å². The standard InChI is InChI=1S/C14H15NO3/c1-10(13-6-3-7-18-13)15-9-11-4-2-5-12(8-11)14(16)17/h2-8,10,15H,9H2,1H3,(H,16,17)/t10-/m1/s1. The van der Waals surface area contributed by atoms with E-state index in [9.17, 15) is 4.79 Å². The molecule has 1 atom stereocenters. The smallest absolute Gasteiger partial charge is 0.335 e. The van der Waals surface area contributed by atoms with Crippen molar-refractivity contribution in [2.45, 2.75) is 19.5 Å². The zero-order valence-electron chi connectivity index (χ0n) is 10.1. The maximum atomic E-state index is 10.8. The third kappa shape index (κ3) is 2.99. The molecule has 0 amide bonds. The molecule has 0 bridgehead atoms. The second kappa shape index (κ2) is 5.51. The molecule has 4 heteroatoms. The zero-order chi connectivity index (χ0) is 13.0. The third-order valence-electron chi connectivity index (χ3n) is 2.76. The van der Waals surface area contributed by atoms with Gasteiger partial charge >= 0.3 is 5.97 Å². The molecule has 18 heavy (non-hydrogen) atoms. The molecule has 2 rings (SSSR count). The first-order valence-electron chi connectivity index (χ1n) is 5.76. The first-order valence-corrected chi connectivity index (χ1v) is 5.76. The number of aromatic carboxylic acids is 1. The predicted octanol–water partition coefficient (Wildman–Crippen LogP) is 2.83. The highest BCUT2D eigenvalue weighted by Gasteiger charge is 2.08. The molecule has 4 nitrogen and oxygen atoms in total. The van der Waals surface area contributed by atoms with Gasteiger partial charge in [-0.3, -0.25) is 0 Å². The lowest BCUT2D eigenvalue weighted by molar-refractivity contribution is 0.0696. The van der Waals surface area contributed by atoms with Crippen LogP contribution < -0.4 is 5.32 Å². The van der Waals surface area contributed by atoms with Gasteiger partial charge < -0.3 is 14.8 Å². The monoisotopic (exact) mass is 245 g/mol. The summed E-state index contributed by atoms with van der Waals surface area (Å²) in [6.07, 6.45) is 1.64. The van der Waals surface area contributed by atoms with E-state index in [1.165, 1.54) is 0 Å². The lowest BCUT2D eigenvalue weighted by Crippen LogP contribution is -2.17. The fourth-order valence-corrected chi connectivity index (χ4v) is 1.72. The second-order valence-corrected chi connectivity index (χ2v) is 4.12. The van der Waals surface area contributed by atoms with Crippen LogP contribution >= 0.6 is 0 Å². The summed E-state index contributed by atoms with van der Waals surface area (Å²) in [6.45, 7) is 2.60. The summed E-state index contributed by atoms with van der Waals surface area (Å²) in [6, 6.07) is 10.7. The molecule has 0 radical (unpaired) electrons. The van der Waals surface area contributed by atoms with Gasteiger partial charge in [0, 0.05) is 6.54 Å². The molecule has 0 aliphatic heterocycles. The molecule has 0 saturated heterocycles. The number of rotatable bonds is 5. The normalized spacial score (nSPS) is 12.3. The van der Waals surface area contributed by atoms with Crippen LogP contribution in [0.3, 0.4) is 0 Å². The number of furan rings is 1. The highest BCUT2D eigenvalue weighted by Crippen LogP contribution is 2.13. The molecule has 0 saturated carbocycles. The lowest BCUT2D eigenvalue weighted by Gasteiger charge is -2.11. The SMILES string of the molecule is C[C@@H](NCc1cccc(C(=O)O)c1)c1ccco1. The van der Waals surface area contributed by atoms with Crippen LogP contribution in [0.15, 0.2) is 47.1 Å². The summed E-state index contributed by atoms with van der Waals surface area (Å²) in [5, 5.41) is 12.2. The molecule has 0 aliphatic rings. The van der Waals surface area contributed by atoms with Gasteiger partial charge in [0.1, 0.15) is 5.76 Å². The maximum Gasteiger partial charge on any atom is 0.335 e. The van der Waals surface area contributed by atoms with Gasteiger partial charge in [-0.2, -0.15) is 0 Å². The van der Waals surface area contributed by atoms with E-state index in [1.807, 2.05) is 25.1 Å². The summed E-state index contributed by atoms with van der Waals surface area (Å²) >= 11 is 0. The van der Waals surface area contributed by atoms with Crippen molar-refractivity contribution >= 4 is 5.97 Å². The van der Waals surface area contributed by atoms with Crippen molar-refractivity contribution in [3.05, 3.63) is 59.5 Å². The van der Waals surface area contributed by atoms with Crippen LogP contribution in [0.1, 0.15) is 34.6 Å². The van der Waals surface area contributed by atoms with E-state index in [0.717, 1.165) is 11.3 Å². The Bertz CT molecular complexity index is 520. The zero-order valence-corrected chi connectivity index (χ0v) is 10.1. The van der Waals surface area contributed by atoms with E-state index in [4.69, 9.17) is 9.52 Å². The van der Waals surface area contributed by atoms with Gasteiger partial charge in [0.05, 0.1) is 17.9 Å². The van der Waals surface area contributed by atoms with Crippen LogP contribution in [0.5, 0.6) is 0 Å². The Morgan fingerprint density at radius 3 is 2.89 bits per heavy atom. The Morgan fingerprint density at radius 2 is 2.22 bits per heavy atom. The van der Waals surface area contributed by atoms with E-state index < -0.39 is 5.97 Å². The van der Waals surface area contributed by atoms with E-state index in [1.54, 1.807) is 24.5 Å². The molecule has 0 fully saturated rings. The number of benzene rings is 1. The van der Waals surface area contributed by atoms with Gasteiger partial charge in [-0.05, 0) is 36.8 Å². The Kier molecular flexibility index (Phi) is 3.79. The molecule has 0 unspecified atom stereocenters. The van der Waals surface area contributed by atoms with Crippen molar-refractivity contribution in [3.63, 3.8) is 0 Å². The Morgan fingerprint density at radius 1 is 1.39 bits per heavy atom. The van der Waals surface area contributed by atoms with Crippen molar-refractivity contribution in [2.75, 3.05) is 0 Å². The van der Waals surface area contributed by atoms with Gasteiger partial charge in [0.2, 0.25) is 0 Å². The summed E-state index contributed by atoms with van der Waals surface area (Å²) < 4.78 is 5.29. The first kappa shape index (κ1) is 12.4. The van der Waals surface area contributed by atoms with Gasteiger partial charge in [-0.25, -0.2) is 4.79 Å². The molecule has 1 heterocycles. The number of carbonyl (C=O) groups is 1. The number of carboxylic acid groups (broad SMARTS) is 1. The van der Waals surface area contributed by atoms with Gasteiger partial charge in [0.25, 0.3) is 0 Å². The number of carboxylic acids is 1. The molecule has 2 N–H and O–H groups in total. The largest absolute Gasteiger partial charge is 0.478 e. The number of hydrogen-bond donors (Lipinski definition) is 2. The summed E-state index contributed by atoms with van der Waals surface area (Å²) in [5.74, 6) is -0.0414. The molecular formula is C14H15NO3. The van der Waals surface area contributed by atoms with Gasteiger partial charge in [-0.1, -0.05) is 12.1 Å². The highest BCUT2D eigenvalue weighted by atomic mass is 16.4. The minimum absolute atomic E-state index is 0.0912.